The molecule has 0 aliphatic heterocycles. The third-order valence-corrected chi connectivity index (χ3v) is 4.46. The quantitative estimate of drug-likeness (QED) is 0.396. The van der Waals surface area contributed by atoms with E-state index in [9.17, 15) is 4.79 Å². The van der Waals surface area contributed by atoms with E-state index in [1.807, 2.05) is 19.1 Å². The van der Waals surface area contributed by atoms with Crippen LogP contribution in [0.3, 0.4) is 0 Å². The number of fused-ring (bicyclic) bond motifs is 1. The summed E-state index contributed by atoms with van der Waals surface area (Å²) >= 11 is 0. The Morgan fingerprint density at radius 3 is 2.64 bits per heavy atom. The summed E-state index contributed by atoms with van der Waals surface area (Å²) in [5.41, 5.74) is 1.17. The lowest BCUT2D eigenvalue weighted by Gasteiger charge is -2.19. The molecule has 6 heteroatoms. The molecule has 0 aliphatic carbocycles. The maximum absolute atomic E-state index is 11.9. The Morgan fingerprint density at radius 2 is 1.93 bits per heavy atom. The molecule has 2 rings (SSSR count). The fourth-order valence-corrected chi connectivity index (χ4v) is 2.73. The molecule has 1 unspecified atom stereocenters. The van der Waals surface area contributed by atoms with Crippen molar-refractivity contribution in [3.63, 3.8) is 0 Å². The molecule has 0 bridgehead atoms. The van der Waals surface area contributed by atoms with Gasteiger partial charge in [0, 0.05) is 33.9 Å². The Hall–Kier alpha value is -2.60. The number of amides is 1. The largest absolute Gasteiger partial charge is 0.382 e. The molecular formula is C22H32N4O2. The molecule has 0 saturated heterocycles. The highest BCUT2D eigenvalue weighted by atomic mass is 16.5. The highest BCUT2D eigenvalue weighted by Gasteiger charge is 2.10. The molecule has 0 aliphatic rings. The zero-order valence-electron chi connectivity index (χ0n) is 17.4. The fourth-order valence-electron chi connectivity index (χ4n) is 2.73. The number of nitrogens with zero attached hydrogens (tertiary/aromatic N) is 2. The molecule has 0 fully saturated rings. The van der Waals surface area contributed by atoms with Crippen molar-refractivity contribution >= 4 is 22.6 Å². The predicted molar refractivity (Wildman–Crippen MR) is 116 cm³/mol. The Labute approximate surface area is 168 Å². The smallest absolute Gasteiger partial charge is 0.243 e. The number of hydrogen-bond acceptors (Lipinski definition) is 3. The van der Waals surface area contributed by atoms with E-state index in [1.165, 1.54) is 16.3 Å². The molecule has 0 saturated carbocycles. The van der Waals surface area contributed by atoms with Crippen molar-refractivity contribution < 1.29 is 9.53 Å². The number of rotatable bonds is 9. The van der Waals surface area contributed by atoms with E-state index in [0.717, 1.165) is 19.6 Å². The number of carbonyl (C=O) groups excluding carboxylic acids is 1. The number of guanidine groups is 1. The molecule has 0 aromatic heterocycles. The van der Waals surface area contributed by atoms with Crippen LogP contribution >= 0.6 is 0 Å². The second-order valence-corrected chi connectivity index (χ2v) is 6.90. The molecule has 28 heavy (non-hydrogen) atoms. The summed E-state index contributed by atoms with van der Waals surface area (Å²) in [5, 5.41) is 9.14. The fraction of sp³-hybridized carbons (Fsp3) is 0.455. The van der Waals surface area contributed by atoms with Crippen LogP contribution in [-0.2, 0) is 9.53 Å². The minimum atomic E-state index is -0.0335. The first-order valence-electron chi connectivity index (χ1n) is 9.82. The van der Waals surface area contributed by atoms with Crippen molar-refractivity contribution in [3.8, 4) is 0 Å². The third kappa shape index (κ3) is 6.85. The van der Waals surface area contributed by atoms with Gasteiger partial charge in [-0.3, -0.25) is 4.79 Å². The van der Waals surface area contributed by atoms with Crippen LogP contribution < -0.4 is 10.6 Å². The second-order valence-electron chi connectivity index (χ2n) is 6.90. The second kappa shape index (κ2) is 11.3. The Balaban J connectivity index is 2.05. The van der Waals surface area contributed by atoms with Crippen LogP contribution in [0.5, 0.6) is 0 Å². The van der Waals surface area contributed by atoms with Gasteiger partial charge in [-0.15, -0.1) is 0 Å². The lowest BCUT2D eigenvalue weighted by molar-refractivity contribution is -0.127. The van der Waals surface area contributed by atoms with Crippen LogP contribution in [0.25, 0.3) is 10.8 Å². The van der Waals surface area contributed by atoms with E-state index in [1.54, 1.807) is 19.0 Å². The molecule has 2 aromatic carbocycles. The highest BCUT2D eigenvalue weighted by Crippen LogP contribution is 2.20. The van der Waals surface area contributed by atoms with Gasteiger partial charge in [-0.1, -0.05) is 36.4 Å². The molecule has 0 spiro atoms. The van der Waals surface area contributed by atoms with Crippen LogP contribution in [-0.4, -0.2) is 57.2 Å². The lowest BCUT2D eigenvalue weighted by Crippen LogP contribution is -2.40. The van der Waals surface area contributed by atoms with Crippen LogP contribution in [0.4, 0.5) is 0 Å². The minimum Gasteiger partial charge on any atom is -0.382 e. The molecule has 152 valence electrons. The van der Waals surface area contributed by atoms with E-state index in [0.29, 0.717) is 12.6 Å². The number of benzene rings is 2. The van der Waals surface area contributed by atoms with Crippen molar-refractivity contribution in [2.45, 2.75) is 26.3 Å². The average molecular weight is 385 g/mol. The lowest BCUT2D eigenvalue weighted by atomic mass is 10.0. The zero-order valence-corrected chi connectivity index (χ0v) is 17.4. The van der Waals surface area contributed by atoms with E-state index in [4.69, 9.17) is 4.74 Å². The zero-order chi connectivity index (χ0) is 20.4. The molecule has 1 amide bonds. The summed E-state index contributed by atoms with van der Waals surface area (Å²) in [7, 11) is 3.47. The summed E-state index contributed by atoms with van der Waals surface area (Å²) in [4.78, 5) is 17.9. The van der Waals surface area contributed by atoms with Crippen LogP contribution in [0.15, 0.2) is 47.5 Å². The van der Waals surface area contributed by atoms with Gasteiger partial charge in [-0.2, -0.15) is 0 Å². The molecule has 2 N–H and O–H groups in total. The Kier molecular flexibility index (Phi) is 8.75. The predicted octanol–water partition coefficient (Wildman–Crippen LogP) is 2.95. The Bertz CT molecular complexity index is 789. The summed E-state index contributed by atoms with van der Waals surface area (Å²) in [6.07, 6.45) is 0.876. The third-order valence-electron chi connectivity index (χ3n) is 4.46. The van der Waals surface area contributed by atoms with Gasteiger partial charge in [0.15, 0.2) is 5.96 Å². The van der Waals surface area contributed by atoms with Gasteiger partial charge < -0.3 is 20.3 Å². The van der Waals surface area contributed by atoms with Gasteiger partial charge in [-0.25, -0.2) is 4.99 Å². The van der Waals surface area contributed by atoms with E-state index >= 15 is 0 Å². The van der Waals surface area contributed by atoms with E-state index < -0.39 is 0 Å². The van der Waals surface area contributed by atoms with Gasteiger partial charge >= 0.3 is 0 Å². The van der Waals surface area contributed by atoms with Crippen molar-refractivity contribution in [2.75, 3.05) is 40.4 Å². The molecule has 0 radical (unpaired) electrons. The molecular weight excluding hydrogens is 352 g/mol. The van der Waals surface area contributed by atoms with Gasteiger partial charge in [0.25, 0.3) is 0 Å². The van der Waals surface area contributed by atoms with Gasteiger partial charge in [0.2, 0.25) is 5.91 Å². The molecule has 1 atom stereocenters. The van der Waals surface area contributed by atoms with E-state index in [-0.39, 0.29) is 18.5 Å². The van der Waals surface area contributed by atoms with Gasteiger partial charge in [0.1, 0.15) is 6.54 Å². The standard InChI is InChI=1S/C22H32N4O2/c1-5-28-14-8-13-23-22(24-16-21(27)26(3)4)25-17(2)19-12-11-18-9-6-7-10-20(18)15-19/h6-7,9-12,15,17H,5,8,13-14,16H2,1-4H3,(H2,23,24,25). The molecule has 2 aromatic rings. The maximum atomic E-state index is 11.9. The maximum Gasteiger partial charge on any atom is 0.243 e. The van der Waals surface area contributed by atoms with Crippen molar-refractivity contribution in [1.29, 1.82) is 0 Å². The van der Waals surface area contributed by atoms with Gasteiger partial charge in [0.05, 0.1) is 6.04 Å². The number of likely N-dealkylation sites (N-methyl/N-ethyl adjacent to an activating group) is 1. The molecule has 6 nitrogen and oxygen atoms in total. The van der Waals surface area contributed by atoms with Crippen LogP contribution in [0.1, 0.15) is 31.9 Å². The average Bonchev–Trinajstić information content (AvgIpc) is 2.70. The molecule has 0 heterocycles. The summed E-state index contributed by atoms with van der Waals surface area (Å²) < 4.78 is 5.38. The van der Waals surface area contributed by atoms with Crippen LogP contribution in [0.2, 0.25) is 0 Å². The van der Waals surface area contributed by atoms with Crippen molar-refractivity contribution in [1.82, 2.24) is 15.5 Å². The minimum absolute atomic E-state index is 0.0335. The normalized spacial score (nSPS) is 12.6. The van der Waals surface area contributed by atoms with E-state index in [2.05, 4.69) is 52.9 Å². The summed E-state index contributed by atoms with van der Waals surface area (Å²) in [6, 6.07) is 14.8. The number of ether oxygens (including phenoxy) is 1. The number of hydrogen-bond donors (Lipinski definition) is 2. The Morgan fingerprint density at radius 1 is 1.18 bits per heavy atom. The SMILES string of the molecule is CCOCCCNC(=NCC(=O)N(C)C)NC(C)c1ccc2ccccc2c1. The van der Waals surface area contributed by atoms with Crippen LogP contribution in [0, 0.1) is 0 Å². The highest BCUT2D eigenvalue weighted by molar-refractivity contribution is 5.86. The first kappa shape index (κ1) is 21.7. The monoisotopic (exact) mass is 384 g/mol. The van der Waals surface area contributed by atoms with Crippen molar-refractivity contribution in [3.05, 3.63) is 48.0 Å². The topological polar surface area (TPSA) is 66.0 Å². The number of nitrogens with one attached hydrogen (secondary N) is 2. The first-order valence-corrected chi connectivity index (χ1v) is 9.82. The summed E-state index contributed by atoms with van der Waals surface area (Å²) in [5.74, 6) is 0.598. The number of aliphatic imine (C=N–C) groups is 1. The number of carbonyl (C=O) groups is 1. The summed E-state index contributed by atoms with van der Waals surface area (Å²) in [6.45, 7) is 6.34. The van der Waals surface area contributed by atoms with Gasteiger partial charge in [-0.05, 0) is 42.7 Å². The van der Waals surface area contributed by atoms with Crippen molar-refractivity contribution in [2.24, 2.45) is 4.99 Å². The first-order chi connectivity index (χ1) is 13.5.